The number of aromatic nitrogens is 1. The maximum absolute atomic E-state index is 13.9. The van der Waals surface area contributed by atoms with Crippen LogP contribution in [-0.2, 0) is 25.8 Å². The highest BCUT2D eigenvalue weighted by Crippen LogP contribution is 2.23. The topological polar surface area (TPSA) is 108 Å². The van der Waals surface area contributed by atoms with Crippen LogP contribution in [0.4, 0.5) is 14.5 Å². The summed E-state index contributed by atoms with van der Waals surface area (Å²) in [7, 11) is -4.12. The number of fused-ring (bicyclic) bond motifs is 1. The Kier molecular flexibility index (Phi) is 5.88. The monoisotopic (exact) mass is 435 g/mol. The highest BCUT2D eigenvalue weighted by atomic mass is 32.2. The molecule has 158 valence electrons. The molecule has 0 radical (unpaired) electrons. The molecule has 0 aliphatic rings. The quantitative estimate of drug-likeness (QED) is 0.535. The number of H-pyrrole nitrogens is 1. The van der Waals surface area contributed by atoms with Crippen molar-refractivity contribution in [3.63, 3.8) is 0 Å². The first-order valence-corrected chi connectivity index (χ1v) is 10.8. The van der Waals surface area contributed by atoms with E-state index in [0.29, 0.717) is 24.8 Å². The van der Waals surface area contributed by atoms with E-state index in [1.54, 1.807) is 0 Å². The summed E-state index contributed by atoms with van der Waals surface area (Å²) >= 11 is 0. The second kappa shape index (κ2) is 8.23. The van der Waals surface area contributed by atoms with Crippen LogP contribution in [-0.4, -0.2) is 38.0 Å². The molecule has 0 unspecified atom stereocenters. The predicted molar refractivity (Wildman–Crippen MR) is 108 cm³/mol. The van der Waals surface area contributed by atoms with Crippen LogP contribution in [0.1, 0.15) is 11.1 Å². The first-order valence-electron chi connectivity index (χ1n) is 8.92. The molecule has 0 fully saturated rings. The van der Waals surface area contributed by atoms with Gasteiger partial charge in [0.2, 0.25) is 0 Å². The molecule has 0 saturated carbocycles. The van der Waals surface area contributed by atoms with Gasteiger partial charge in [0.15, 0.2) is 9.84 Å². The summed E-state index contributed by atoms with van der Waals surface area (Å²) in [6.45, 7) is 2.14. The molecule has 10 heteroatoms. The Morgan fingerprint density at radius 3 is 2.40 bits per heavy atom. The van der Waals surface area contributed by atoms with Gasteiger partial charge >= 0.3 is 11.8 Å². The van der Waals surface area contributed by atoms with Gasteiger partial charge in [0.05, 0.1) is 0 Å². The fourth-order valence-electron chi connectivity index (χ4n) is 3.21. The lowest BCUT2D eigenvalue weighted by molar-refractivity contribution is -0.136. The second-order valence-corrected chi connectivity index (χ2v) is 8.77. The van der Waals surface area contributed by atoms with Crippen molar-refractivity contribution in [1.29, 1.82) is 0 Å². The largest absolute Gasteiger partial charge is 0.361 e. The van der Waals surface area contributed by atoms with E-state index >= 15 is 0 Å². The molecule has 2 amide bonds. The molecule has 0 spiro atoms. The summed E-state index contributed by atoms with van der Waals surface area (Å²) in [6, 6.07) is 7.11. The number of halogens is 2. The van der Waals surface area contributed by atoms with Gasteiger partial charge in [-0.2, -0.15) is 0 Å². The first kappa shape index (κ1) is 21.4. The number of aromatic amines is 1. The zero-order chi connectivity index (χ0) is 22.1. The molecule has 0 bridgehead atoms. The van der Waals surface area contributed by atoms with E-state index in [2.05, 4.69) is 15.6 Å². The fourth-order valence-corrected chi connectivity index (χ4v) is 4.04. The molecule has 30 heavy (non-hydrogen) atoms. The van der Waals surface area contributed by atoms with Crippen LogP contribution in [0, 0.1) is 18.6 Å². The summed E-state index contributed by atoms with van der Waals surface area (Å²) in [5.74, 6) is -4.83. The van der Waals surface area contributed by atoms with E-state index in [1.807, 2.05) is 31.3 Å². The first-order chi connectivity index (χ1) is 14.1. The number of hydrogen-bond donors (Lipinski definition) is 3. The normalized spacial score (nSPS) is 11.5. The van der Waals surface area contributed by atoms with Crippen molar-refractivity contribution in [2.75, 3.05) is 18.1 Å². The smallest absolute Gasteiger partial charge is 0.313 e. The van der Waals surface area contributed by atoms with Crippen molar-refractivity contribution >= 4 is 38.2 Å². The average Bonchev–Trinajstić information content (AvgIpc) is 3.04. The molecule has 1 heterocycles. The molecule has 0 atom stereocenters. The Labute approximate surface area is 171 Å². The number of hydrogen-bond acceptors (Lipinski definition) is 4. The van der Waals surface area contributed by atoms with Crippen LogP contribution in [0.15, 0.2) is 41.4 Å². The van der Waals surface area contributed by atoms with E-state index in [1.165, 1.54) is 0 Å². The lowest BCUT2D eigenvalue weighted by Gasteiger charge is -2.09. The third kappa shape index (κ3) is 4.48. The summed E-state index contributed by atoms with van der Waals surface area (Å²) in [4.78, 5) is 26.0. The maximum Gasteiger partial charge on any atom is 0.313 e. The summed E-state index contributed by atoms with van der Waals surface area (Å²) in [5, 5.41) is 5.54. The molecule has 3 aromatic rings. The lowest BCUT2D eigenvalue weighted by atomic mass is 10.1. The van der Waals surface area contributed by atoms with Crippen LogP contribution >= 0.6 is 0 Å². The van der Waals surface area contributed by atoms with Crippen molar-refractivity contribution in [2.24, 2.45) is 0 Å². The Morgan fingerprint density at radius 2 is 1.77 bits per heavy atom. The van der Waals surface area contributed by atoms with Gasteiger partial charge < -0.3 is 15.6 Å². The number of sulfone groups is 1. The van der Waals surface area contributed by atoms with Crippen LogP contribution < -0.4 is 10.6 Å². The SMILES string of the molecule is Cc1cccc2[nH]cc(CCNC(=O)C(=O)Nc3cc(F)c(S(C)(=O)=O)c(F)c3)c12. The number of rotatable bonds is 5. The summed E-state index contributed by atoms with van der Waals surface area (Å²) < 4.78 is 50.6. The van der Waals surface area contributed by atoms with E-state index in [0.717, 1.165) is 22.0 Å². The van der Waals surface area contributed by atoms with Crippen molar-refractivity contribution in [2.45, 2.75) is 18.2 Å². The number of carbonyl (C=O) groups is 2. The van der Waals surface area contributed by atoms with Crippen LogP contribution in [0.3, 0.4) is 0 Å². The van der Waals surface area contributed by atoms with Crippen molar-refractivity contribution in [1.82, 2.24) is 10.3 Å². The minimum atomic E-state index is -4.12. The van der Waals surface area contributed by atoms with Gasteiger partial charge in [0.1, 0.15) is 16.5 Å². The Balaban J connectivity index is 1.62. The number of anilines is 1. The number of benzene rings is 2. The van der Waals surface area contributed by atoms with Gasteiger partial charge in [0.25, 0.3) is 0 Å². The molecule has 1 aromatic heterocycles. The zero-order valence-corrected chi connectivity index (χ0v) is 17.0. The third-order valence-electron chi connectivity index (χ3n) is 4.51. The molecular weight excluding hydrogens is 416 g/mol. The lowest BCUT2D eigenvalue weighted by Crippen LogP contribution is -2.36. The number of amides is 2. The molecule has 0 aliphatic heterocycles. The van der Waals surface area contributed by atoms with Crippen LogP contribution in [0.5, 0.6) is 0 Å². The van der Waals surface area contributed by atoms with Crippen LogP contribution in [0.2, 0.25) is 0 Å². The van der Waals surface area contributed by atoms with Gasteiger partial charge in [-0.05, 0) is 42.7 Å². The number of carbonyl (C=O) groups excluding carboxylic acids is 2. The molecule has 7 nitrogen and oxygen atoms in total. The second-order valence-electron chi connectivity index (χ2n) is 6.81. The highest BCUT2D eigenvalue weighted by molar-refractivity contribution is 7.90. The van der Waals surface area contributed by atoms with E-state index < -0.39 is 38.2 Å². The van der Waals surface area contributed by atoms with Crippen molar-refractivity contribution in [3.8, 4) is 0 Å². The molecule has 3 rings (SSSR count). The van der Waals surface area contributed by atoms with E-state index in [4.69, 9.17) is 0 Å². The Bertz CT molecular complexity index is 1230. The summed E-state index contributed by atoms with van der Waals surface area (Å²) in [6.07, 6.45) is 2.96. The van der Waals surface area contributed by atoms with Gasteiger partial charge in [-0.25, -0.2) is 17.2 Å². The number of aryl methyl sites for hydroxylation is 1. The minimum absolute atomic E-state index is 0.170. The molecule has 2 aromatic carbocycles. The molecule has 0 aliphatic carbocycles. The average molecular weight is 435 g/mol. The standard InChI is InChI=1S/C20H19F2N3O4S/c1-11-4-3-5-16-17(11)12(10-24-16)6-7-23-19(26)20(27)25-13-8-14(21)18(15(22)9-13)30(2,28)29/h3-5,8-10,24H,6-7H2,1-2H3,(H,23,26)(H,25,27). The van der Waals surface area contributed by atoms with Crippen molar-refractivity contribution in [3.05, 3.63) is 59.3 Å². The number of nitrogens with one attached hydrogen (secondary N) is 3. The van der Waals surface area contributed by atoms with E-state index in [9.17, 15) is 26.8 Å². The fraction of sp³-hybridized carbons (Fsp3) is 0.200. The van der Waals surface area contributed by atoms with Gasteiger partial charge in [-0.15, -0.1) is 0 Å². The maximum atomic E-state index is 13.9. The van der Waals surface area contributed by atoms with Crippen LogP contribution in [0.25, 0.3) is 10.9 Å². The molecule has 3 N–H and O–H groups in total. The minimum Gasteiger partial charge on any atom is -0.361 e. The predicted octanol–water partition coefficient (Wildman–Crippen LogP) is 2.46. The zero-order valence-electron chi connectivity index (χ0n) is 16.2. The Hall–Kier alpha value is -3.27. The van der Waals surface area contributed by atoms with Gasteiger partial charge in [-0.3, -0.25) is 9.59 Å². The van der Waals surface area contributed by atoms with Gasteiger partial charge in [-0.1, -0.05) is 12.1 Å². The van der Waals surface area contributed by atoms with Crippen molar-refractivity contribution < 1.29 is 26.8 Å². The third-order valence-corrected chi connectivity index (χ3v) is 5.64. The van der Waals surface area contributed by atoms with Gasteiger partial charge in [0, 0.05) is 35.6 Å². The molecular formula is C20H19F2N3O4S. The van der Waals surface area contributed by atoms with E-state index in [-0.39, 0.29) is 12.2 Å². The Morgan fingerprint density at radius 1 is 1.10 bits per heavy atom. The summed E-state index contributed by atoms with van der Waals surface area (Å²) in [5.41, 5.74) is 2.65. The molecule has 0 saturated heterocycles. The highest BCUT2D eigenvalue weighted by Gasteiger charge is 2.22.